The van der Waals surface area contributed by atoms with Gasteiger partial charge in [-0.1, -0.05) is 162 Å². The van der Waals surface area contributed by atoms with Gasteiger partial charge in [0.15, 0.2) is 5.82 Å². The van der Waals surface area contributed by atoms with Gasteiger partial charge in [0.25, 0.3) is 0 Å². The van der Waals surface area contributed by atoms with Crippen molar-refractivity contribution in [1.82, 2.24) is 14.5 Å². The molecular formula is C63H57IrN4OSi-. The van der Waals surface area contributed by atoms with E-state index in [9.17, 15) is 0 Å². The smallest absolute Gasteiger partial charge is 0.304 e. The van der Waals surface area contributed by atoms with Crippen LogP contribution in [0.1, 0.15) is 50.7 Å². The van der Waals surface area contributed by atoms with Gasteiger partial charge in [0.05, 0.1) is 26.9 Å². The maximum atomic E-state index is 6.85. The first-order valence-electron chi connectivity index (χ1n) is 24.0. The summed E-state index contributed by atoms with van der Waals surface area (Å²) in [5, 5.41) is 3.52. The molecule has 7 aromatic carbocycles. The van der Waals surface area contributed by atoms with Crippen molar-refractivity contribution in [3.8, 4) is 61.7 Å². The molecule has 11 aromatic rings. The molecule has 0 saturated heterocycles. The Morgan fingerprint density at radius 2 is 1.20 bits per heavy atom. The van der Waals surface area contributed by atoms with Crippen LogP contribution in [-0.2, 0) is 27.2 Å². The number of benzene rings is 7. The summed E-state index contributed by atoms with van der Waals surface area (Å²) in [4.78, 5) is 9.89. The van der Waals surface area contributed by atoms with E-state index in [2.05, 4.69) is 226 Å². The molecule has 4 heterocycles. The van der Waals surface area contributed by atoms with Crippen molar-refractivity contribution in [3.63, 3.8) is 0 Å². The zero-order chi connectivity index (χ0) is 47.8. The van der Waals surface area contributed by atoms with Crippen molar-refractivity contribution < 1.29 is 29.1 Å². The van der Waals surface area contributed by atoms with E-state index in [1.54, 1.807) is 0 Å². The average Bonchev–Trinajstić information content (AvgIpc) is 3.96. The summed E-state index contributed by atoms with van der Waals surface area (Å²) in [5.74, 6) is 1.34. The minimum absolute atomic E-state index is 0. The maximum absolute atomic E-state index is 6.85. The fourth-order valence-corrected chi connectivity index (χ4v) is 10.4. The number of hydrogen-bond donors (Lipinski definition) is 0. The summed E-state index contributed by atoms with van der Waals surface area (Å²) in [7, 11) is 0.873. The third kappa shape index (κ3) is 9.50. The Bertz CT molecular complexity index is 3550. The topological polar surface area (TPSA) is 47.7 Å². The van der Waals surface area contributed by atoms with E-state index in [4.69, 9.17) is 9.40 Å². The molecule has 0 N–H and O–H groups in total. The molecule has 0 unspecified atom stereocenters. The predicted octanol–water partition coefficient (Wildman–Crippen LogP) is 15.6. The predicted molar refractivity (Wildman–Crippen MR) is 290 cm³/mol. The van der Waals surface area contributed by atoms with Crippen LogP contribution < -0.4 is 9.75 Å². The quantitative estimate of drug-likeness (QED) is 0.0822. The second kappa shape index (κ2) is 20.1. The third-order valence-corrected chi connectivity index (χ3v) is 15.1. The van der Waals surface area contributed by atoms with Crippen LogP contribution in [0.25, 0.3) is 94.8 Å². The van der Waals surface area contributed by atoms with Crippen LogP contribution in [0.5, 0.6) is 0 Å². The van der Waals surface area contributed by atoms with Crippen molar-refractivity contribution >= 4 is 46.4 Å². The third-order valence-electron chi connectivity index (χ3n) is 13.1. The summed E-state index contributed by atoms with van der Waals surface area (Å²) >= 11 is 0. The molecule has 0 amide bonds. The molecule has 0 atom stereocenters. The largest absolute Gasteiger partial charge is 0.500 e. The fraction of sp³-hybridized carbons (Fsp3) is 0.159. The van der Waals surface area contributed by atoms with E-state index >= 15 is 0 Å². The van der Waals surface area contributed by atoms with Crippen molar-refractivity contribution in [2.45, 2.75) is 59.2 Å². The Balaban J connectivity index is 0.000000304. The molecule has 1 radical (unpaired) electrons. The van der Waals surface area contributed by atoms with Gasteiger partial charge in [-0.15, -0.1) is 54.1 Å². The van der Waals surface area contributed by atoms with Crippen molar-refractivity contribution in [2.75, 3.05) is 0 Å². The molecule has 0 spiro atoms. The molecule has 70 heavy (non-hydrogen) atoms. The Morgan fingerprint density at radius 1 is 0.586 bits per heavy atom. The molecule has 349 valence electrons. The Labute approximate surface area is 426 Å². The van der Waals surface area contributed by atoms with Gasteiger partial charge in [-0.05, 0) is 92.0 Å². The van der Waals surface area contributed by atoms with Gasteiger partial charge >= 0.3 is 5.65 Å². The number of nitrogens with zero attached hydrogens (tertiary/aromatic N) is 4. The summed E-state index contributed by atoms with van der Waals surface area (Å²) in [6.45, 7) is 16.1. The molecule has 7 heteroatoms. The summed E-state index contributed by atoms with van der Waals surface area (Å²) < 4.78 is 11.4. The number of aryl methyl sites for hydroxylation is 1. The normalized spacial score (nSPS) is 11.6. The van der Waals surface area contributed by atoms with E-state index in [1.807, 2.05) is 42.6 Å². The fourth-order valence-electron chi connectivity index (χ4n) is 9.33. The second-order valence-electron chi connectivity index (χ2n) is 19.6. The summed E-state index contributed by atoms with van der Waals surface area (Å²) in [5.41, 5.74) is 17.3. The van der Waals surface area contributed by atoms with Gasteiger partial charge in [-0.3, -0.25) is 0 Å². The maximum Gasteiger partial charge on any atom is 0.304 e. The molecular weight excluding hydrogens is 1050 g/mol. The summed E-state index contributed by atoms with van der Waals surface area (Å²) in [6, 6.07) is 68.6. The molecule has 11 rings (SSSR count). The Kier molecular flexibility index (Phi) is 13.8. The minimum atomic E-state index is -1.23. The second-order valence-corrected chi connectivity index (χ2v) is 24.7. The first-order chi connectivity index (χ1) is 33.4. The van der Waals surface area contributed by atoms with Crippen LogP contribution in [0.4, 0.5) is 0 Å². The number of furan rings is 1. The standard InChI is InChI=1S/C49H41N3O.C14H16NSi.Ir/c1-31(2)42-28-38(34-16-10-7-11-17-34)29-43(32(3)4)46(42)52-48(50-44-20-13-27-51(5)49(44)52)41-19-12-18-40-39-26-25-37(30-45(39)53-47(40)41)36-23-21-35(22-24-36)33-14-8-6-9-15-33;1-16(2,3)13-9-10-14(15-11-13)12-7-5-4-6-8-12;/h6-18,20-32H,1-5H3;4-7,9-11H,1-3H3;/q;-1;. The van der Waals surface area contributed by atoms with Crippen LogP contribution in [0, 0.1) is 12.1 Å². The van der Waals surface area contributed by atoms with Crippen molar-refractivity contribution in [3.05, 3.63) is 212 Å². The Morgan fingerprint density at radius 3 is 1.80 bits per heavy atom. The first-order valence-corrected chi connectivity index (χ1v) is 27.5. The van der Waals surface area contributed by atoms with Crippen molar-refractivity contribution in [1.29, 1.82) is 0 Å². The number of pyridine rings is 2. The molecule has 0 bridgehead atoms. The Hall–Kier alpha value is -7.02. The first kappa shape index (κ1) is 48.0. The molecule has 0 saturated carbocycles. The van der Waals surface area contributed by atoms with Gasteiger partial charge in [0, 0.05) is 42.8 Å². The number of imidazole rings is 1. The average molecular weight is 1110 g/mol. The van der Waals surface area contributed by atoms with Gasteiger partial charge < -0.3 is 9.40 Å². The zero-order valence-electron chi connectivity index (χ0n) is 41.1. The number of fused-ring (bicyclic) bond motifs is 4. The number of rotatable bonds is 9. The molecule has 0 aliphatic heterocycles. The number of aromatic nitrogens is 4. The van der Waals surface area contributed by atoms with E-state index in [0.29, 0.717) is 0 Å². The van der Waals surface area contributed by atoms with E-state index in [0.717, 1.165) is 66.9 Å². The molecule has 0 aliphatic carbocycles. The van der Waals surface area contributed by atoms with Crippen LogP contribution in [0.15, 0.2) is 193 Å². The van der Waals surface area contributed by atoms with Gasteiger partial charge in [-0.2, -0.15) is 0 Å². The van der Waals surface area contributed by atoms with Crippen LogP contribution >= 0.6 is 0 Å². The van der Waals surface area contributed by atoms with E-state index < -0.39 is 8.07 Å². The van der Waals surface area contributed by atoms with Crippen LogP contribution in [0.3, 0.4) is 0 Å². The van der Waals surface area contributed by atoms with E-state index in [-0.39, 0.29) is 31.9 Å². The minimum Gasteiger partial charge on any atom is -0.500 e. The van der Waals surface area contributed by atoms with E-state index in [1.165, 1.54) is 44.3 Å². The van der Waals surface area contributed by atoms with Gasteiger partial charge in [-0.25, -0.2) is 14.1 Å². The monoisotopic (exact) mass is 1110 g/mol. The SMILES string of the molecule is CC(C)c1cc(-c2ccccc2)cc(C(C)C)c1-n1c(-c2[c-]ccc3c2oc2cc(-c4ccc(-c5ccccc5)cc4)ccc23)nc2ccc[n+](C)c21.C[Si](C)(C)c1ccc(-c2[c-]cccc2)nc1.[Ir]. The van der Waals surface area contributed by atoms with Crippen LogP contribution in [0.2, 0.25) is 19.6 Å². The molecule has 5 nitrogen and oxygen atoms in total. The summed E-state index contributed by atoms with van der Waals surface area (Å²) in [6.07, 6.45) is 4.12. The van der Waals surface area contributed by atoms with Crippen LogP contribution in [-0.4, -0.2) is 22.6 Å². The van der Waals surface area contributed by atoms with Gasteiger partial charge in [0.1, 0.15) is 16.8 Å². The van der Waals surface area contributed by atoms with Gasteiger partial charge in [0.2, 0.25) is 0 Å². The zero-order valence-corrected chi connectivity index (χ0v) is 44.5. The molecule has 0 fully saturated rings. The van der Waals surface area contributed by atoms with Crippen molar-refractivity contribution in [2.24, 2.45) is 7.05 Å². The molecule has 4 aromatic heterocycles. The number of hydrogen-bond acceptors (Lipinski definition) is 3. The molecule has 0 aliphatic rings.